The molecular formula is C11H13ClN4S. The highest BCUT2D eigenvalue weighted by atomic mass is 35.5. The summed E-state index contributed by atoms with van der Waals surface area (Å²) < 4.78 is 0. The molecule has 0 aliphatic rings. The Morgan fingerprint density at radius 1 is 1.65 bits per heavy atom. The lowest BCUT2D eigenvalue weighted by Gasteiger charge is -2.22. The molecule has 0 saturated carbocycles. The minimum atomic E-state index is 0.479. The fourth-order valence-electron chi connectivity index (χ4n) is 1.32. The summed E-state index contributed by atoms with van der Waals surface area (Å²) in [7, 11) is 0. The van der Waals surface area contributed by atoms with Crippen LogP contribution in [-0.4, -0.2) is 27.9 Å². The molecule has 0 N–H and O–H groups in total. The molecule has 0 amide bonds. The number of pyridine rings is 1. The van der Waals surface area contributed by atoms with Gasteiger partial charge in [0.15, 0.2) is 5.17 Å². The summed E-state index contributed by atoms with van der Waals surface area (Å²) in [5, 5.41) is 9.80. The minimum Gasteiger partial charge on any atom is -0.346 e. The number of hydrogen-bond acceptors (Lipinski definition) is 4. The first kappa shape index (κ1) is 13.8. The average molecular weight is 269 g/mol. The van der Waals surface area contributed by atoms with Crippen LogP contribution in [0.25, 0.3) is 0 Å². The van der Waals surface area contributed by atoms with Crippen molar-refractivity contribution in [1.29, 1.82) is 5.26 Å². The second kappa shape index (κ2) is 7.15. The lowest BCUT2D eigenvalue weighted by Crippen LogP contribution is -2.27. The summed E-state index contributed by atoms with van der Waals surface area (Å²) in [6.07, 6.45) is 5.45. The Bertz CT molecular complexity index is 424. The van der Waals surface area contributed by atoms with E-state index in [0.29, 0.717) is 16.9 Å². The van der Waals surface area contributed by atoms with Crippen molar-refractivity contribution in [2.24, 2.45) is 4.99 Å². The predicted octanol–water partition coefficient (Wildman–Crippen LogP) is 2.76. The first-order valence-electron chi connectivity index (χ1n) is 5.07. The van der Waals surface area contributed by atoms with Crippen molar-refractivity contribution in [2.75, 3.05) is 12.8 Å². The van der Waals surface area contributed by atoms with Crippen LogP contribution in [0, 0.1) is 11.5 Å². The molecular weight excluding hydrogens is 256 g/mol. The molecule has 0 atom stereocenters. The summed E-state index contributed by atoms with van der Waals surface area (Å²) in [6, 6.07) is 3.67. The Kier molecular flexibility index (Phi) is 5.81. The number of hydrogen-bond donors (Lipinski definition) is 0. The molecule has 0 aliphatic carbocycles. The monoisotopic (exact) mass is 268 g/mol. The Balaban J connectivity index is 2.80. The van der Waals surface area contributed by atoms with Crippen LogP contribution in [-0.2, 0) is 6.54 Å². The van der Waals surface area contributed by atoms with E-state index in [0.717, 1.165) is 12.1 Å². The quantitative estimate of drug-likeness (QED) is 0.366. The van der Waals surface area contributed by atoms with Gasteiger partial charge in [-0.3, -0.25) is 0 Å². The lowest BCUT2D eigenvalue weighted by atomic mass is 10.3. The van der Waals surface area contributed by atoms with Gasteiger partial charge in [0.25, 0.3) is 0 Å². The third-order valence-corrected chi connectivity index (χ3v) is 3.08. The number of rotatable bonds is 3. The predicted molar refractivity (Wildman–Crippen MR) is 71.9 cm³/mol. The first-order chi connectivity index (χ1) is 8.21. The Labute approximate surface area is 110 Å². The number of thioether (sulfide) groups is 1. The zero-order valence-electron chi connectivity index (χ0n) is 9.72. The second-order valence-electron chi connectivity index (χ2n) is 3.20. The number of nitriles is 1. The number of aliphatic imine (C=N–C) groups is 1. The minimum absolute atomic E-state index is 0.479. The second-order valence-corrected chi connectivity index (χ2v) is 4.36. The zero-order chi connectivity index (χ0) is 12.7. The summed E-state index contributed by atoms with van der Waals surface area (Å²) in [5.41, 5.74) is 1.04. The molecule has 1 heterocycles. The molecule has 0 radical (unpaired) electrons. The third-order valence-electron chi connectivity index (χ3n) is 2.14. The van der Waals surface area contributed by atoms with Gasteiger partial charge in [0, 0.05) is 19.3 Å². The summed E-state index contributed by atoms with van der Waals surface area (Å²) in [4.78, 5) is 9.83. The molecule has 0 spiro atoms. The van der Waals surface area contributed by atoms with Gasteiger partial charge >= 0.3 is 0 Å². The SMILES string of the molecule is CCN(Cc1ccc(Cl)nc1)/C(=N/C#N)SC. The fraction of sp³-hybridized carbons (Fsp3) is 0.364. The average Bonchev–Trinajstić information content (AvgIpc) is 2.36. The van der Waals surface area contributed by atoms with Crippen LogP contribution in [0.3, 0.4) is 0 Å². The van der Waals surface area contributed by atoms with Crippen molar-refractivity contribution in [1.82, 2.24) is 9.88 Å². The molecule has 0 saturated heterocycles. The smallest absolute Gasteiger partial charge is 0.208 e. The van der Waals surface area contributed by atoms with Crippen molar-refractivity contribution in [3.63, 3.8) is 0 Å². The highest BCUT2D eigenvalue weighted by Crippen LogP contribution is 2.12. The first-order valence-corrected chi connectivity index (χ1v) is 6.67. The van der Waals surface area contributed by atoms with Crippen LogP contribution in [0.5, 0.6) is 0 Å². The van der Waals surface area contributed by atoms with E-state index in [1.54, 1.807) is 12.3 Å². The van der Waals surface area contributed by atoms with Crippen LogP contribution < -0.4 is 0 Å². The maximum Gasteiger partial charge on any atom is 0.208 e. The molecule has 0 aliphatic heterocycles. The number of amidine groups is 1. The Morgan fingerprint density at radius 3 is 2.88 bits per heavy atom. The summed E-state index contributed by atoms with van der Waals surface area (Å²) >= 11 is 7.18. The zero-order valence-corrected chi connectivity index (χ0v) is 11.3. The summed E-state index contributed by atoms with van der Waals surface area (Å²) in [6.45, 7) is 3.47. The topological polar surface area (TPSA) is 52.3 Å². The molecule has 4 nitrogen and oxygen atoms in total. The van der Waals surface area contributed by atoms with Gasteiger partial charge in [-0.1, -0.05) is 29.4 Å². The Hall–Kier alpha value is -1.25. The van der Waals surface area contributed by atoms with Gasteiger partial charge in [0.05, 0.1) is 0 Å². The van der Waals surface area contributed by atoms with Crippen molar-refractivity contribution in [3.05, 3.63) is 29.0 Å². The van der Waals surface area contributed by atoms with E-state index >= 15 is 0 Å². The van der Waals surface area contributed by atoms with Crippen LogP contribution in [0.1, 0.15) is 12.5 Å². The third kappa shape index (κ3) is 4.25. The molecule has 1 rings (SSSR count). The van der Waals surface area contributed by atoms with Crippen LogP contribution in [0.4, 0.5) is 0 Å². The molecule has 6 heteroatoms. The van der Waals surface area contributed by atoms with Gasteiger partial charge in [-0.05, 0) is 24.8 Å². The highest BCUT2D eigenvalue weighted by molar-refractivity contribution is 8.13. The van der Waals surface area contributed by atoms with Crippen LogP contribution in [0.2, 0.25) is 5.15 Å². The lowest BCUT2D eigenvalue weighted by molar-refractivity contribution is 0.443. The van der Waals surface area contributed by atoms with Gasteiger partial charge < -0.3 is 4.90 Å². The molecule has 90 valence electrons. The molecule has 0 bridgehead atoms. The van der Waals surface area contributed by atoms with E-state index in [1.165, 1.54) is 11.8 Å². The van der Waals surface area contributed by atoms with E-state index < -0.39 is 0 Å². The number of nitrogens with zero attached hydrogens (tertiary/aromatic N) is 4. The molecule has 0 fully saturated rings. The van der Waals surface area contributed by atoms with Crippen molar-refractivity contribution < 1.29 is 0 Å². The number of aromatic nitrogens is 1. The van der Waals surface area contributed by atoms with E-state index in [-0.39, 0.29) is 0 Å². The van der Waals surface area contributed by atoms with Crippen molar-refractivity contribution in [3.8, 4) is 6.19 Å². The molecule has 1 aromatic heterocycles. The van der Waals surface area contributed by atoms with E-state index in [1.807, 2.05) is 30.3 Å². The molecule has 0 unspecified atom stereocenters. The van der Waals surface area contributed by atoms with E-state index in [2.05, 4.69) is 9.98 Å². The largest absolute Gasteiger partial charge is 0.346 e. The highest BCUT2D eigenvalue weighted by Gasteiger charge is 2.09. The van der Waals surface area contributed by atoms with Gasteiger partial charge in [0.1, 0.15) is 5.15 Å². The molecule has 0 aromatic carbocycles. The van der Waals surface area contributed by atoms with Gasteiger partial charge in [-0.2, -0.15) is 5.26 Å². The molecule has 17 heavy (non-hydrogen) atoms. The standard InChI is InChI=1S/C11H13ClN4S/c1-3-16(11(17-2)15-8-13)7-9-4-5-10(12)14-6-9/h4-6H,3,7H2,1-2H3/b15-11-. The number of halogens is 1. The van der Waals surface area contributed by atoms with E-state index in [4.69, 9.17) is 16.9 Å². The maximum absolute atomic E-state index is 8.61. The van der Waals surface area contributed by atoms with Crippen molar-refractivity contribution in [2.45, 2.75) is 13.5 Å². The maximum atomic E-state index is 8.61. The van der Waals surface area contributed by atoms with E-state index in [9.17, 15) is 0 Å². The van der Waals surface area contributed by atoms with Crippen LogP contribution in [0.15, 0.2) is 23.3 Å². The van der Waals surface area contributed by atoms with Gasteiger partial charge in [0.2, 0.25) is 6.19 Å². The normalized spacial score (nSPS) is 11.1. The van der Waals surface area contributed by atoms with Crippen LogP contribution >= 0.6 is 23.4 Å². The van der Waals surface area contributed by atoms with Gasteiger partial charge in [-0.15, -0.1) is 4.99 Å². The van der Waals surface area contributed by atoms with Gasteiger partial charge in [-0.25, -0.2) is 4.98 Å². The van der Waals surface area contributed by atoms with Crippen molar-refractivity contribution >= 4 is 28.5 Å². The molecule has 1 aromatic rings. The summed E-state index contributed by atoms with van der Waals surface area (Å²) in [5.74, 6) is 0. The Morgan fingerprint density at radius 2 is 2.41 bits per heavy atom. The fourth-order valence-corrected chi connectivity index (χ4v) is 2.02.